The maximum absolute atomic E-state index is 12.0. The van der Waals surface area contributed by atoms with Gasteiger partial charge in [0.25, 0.3) is 0 Å². The summed E-state index contributed by atoms with van der Waals surface area (Å²) in [5.74, 6) is -1.11. The van der Waals surface area contributed by atoms with Crippen LogP contribution in [0.15, 0.2) is 35.7 Å². The molecule has 4 nitrogen and oxygen atoms in total. The average molecular weight is 346 g/mol. The molecular formula is C19H22O4S. The van der Waals surface area contributed by atoms with Crippen molar-refractivity contribution in [2.24, 2.45) is 0 Å². The van der Waals surface area contributed by atoms with Gasteiger partial charge in [-0.1, -0.05) is 31.2 Å². The summed E-state index contributed by atoms with van der Waals surface area (Å²) in [5, 5.41) is 10.9. The van der Waals surface area contributed by atoms with Crippen LogP contribution in [0, 0.1) is 0 Å². The zero-order chi connectivity index (χ0) is 17.9. The number of hydrogen-bond donors (Lipinski definition) is 1. The first-order chi connectivity index (χ1) is 11.2. The number of ether oxygens (including phenoxy) is 1. The largest absolute Gasteiger partial charge is 0.477 e. The lowest BCUT2D eigenvalue weighted by molar-refractivity contribution is -0.155. The molecule has 0 saturated heterocycles. The number of aromatic carboxylic acids is 1. The summed E-state index contributed by atoms with van der Waals surface area (Å²) in [7, 11) is 0. The molecule has 5 heteroatoms. The smallest absolute Gasteiger partial charge is 0.345 e. The first-order valence-corrected chi connectivity index (χ1v) is 8.67. The van der Waals surface area contributed by atoms with Crippen LogP contribution in [0.3, 0.4) is 0 Å². The summed E-state index contributed by atoms with van der Waals surface area (Å²) < 4.78 is 5.37. The predicted octanol–water partition coefficient (Wildman–Crippen LogP) is 4.95. The van der Waals surface area contributed by atoms with Gasteiger partial charge in [-0.05, 0) is 54.8 Å². The van der Waals surface area contributed by atoms with E-state index in [0.29, 0.717) is 11.3 Å². The van der Waals surface area contributed by atoms with E-state index >= 15 is 0 Å². The molecule has 0 spiro atoms. The highest BCUT2D eigenvalue weighted by molar-refractivity contribution is 7.12. The molecule has 0 aliphatic rings. The molecule has 1 N–H and O–H groups in total. The van der Waals surface area contributed by atoms with Crippen LogP contribution in [0.1, 0.15) is 55.3 Å². The molecule has 0 radical (unpaired) electrons. The molecule has 0 aliphatic carbocycles. The van der Waals surface area contributed by atoms with E-state index in [-0.39, 0.29) is 11.9 Å². The Balaban J connectivity index is 2.14. The van der Waals surface area contributed by atoms with Crippen molar-refractivity contribution in [1.82, 2.24) is 0 Å². The van der Waals surface area contributed by atoms with Gasteiger partial charge in [0.1, 0.15) is 10.5 Å². The van der Waals surface area contributed by atoms with Crippen LogP contribution < -0.4 is 0 Å². The van der Waals surface area contributed by atoms with E-state index in [1.54, 1.807) is 6.07 Å². The van der Waals surface area contributed by atoms with Gasteiger partial charge in [0, 0.05) is 0 Å². The van der Waals surface area contributed by atoms with E-state index < -0.39 is 11.6 Å². The van der Waals surface area contributed by atoms with Gasteiger partial charge in [-0.15, -0.1) is 11.3 Å². The summed E-state index contributed by atoms with van der Waals surface area (Å²) in [4.78, 5) is 23.3. The molecule has 0 bridgehead atoms. The normalized spacial score (nSPS) is 12.7. The Bertz CT molecular complexity index is 740. The summed E-state index contributed by atoms with van der Waals surface area (Å²) in [5.41, 5.74) is 2.38. The third kappa shape index (κ3) is 4.93. The number of rotatable bonds is 5. The molecule has 1 heterocycles. The summed E-state index contributed by atoms with van der Waals surface area (Å²) in [6, 6.07) is 9.52. The molecule has 1 atom stereocenters. The van der Waals surface area contributed by atoms with Crippen molar-refractivity contribution in [2.45, 2.75) is 45.6 Å². The SMILES string of the molecule is CC(CC(=O)OC(C)(C)C)c1cccc(-c2csc(C(=O)O)c2)c1. The second-order valence-corrected chi connectivity index (χ2v) is 7.73. The fourth-order valence-electron chi connectivity index (χ4n) is 2.38. The Morgan fingerprint density at radius 3 is 2.50 bits per heavy atom. The second kappa shape index (κ2) is 7.18. The number of carbonyl (C=O) groups excluding carboxylic acids is 1. The Labute approximate surface area is 146 Å². The monoisotopic (exact) mass is 346 g/mol. The third-order valence-corrected chi connectivity index (χ3v) is 4.41. The molecule has 24 heavy (non-hydrogen) atoms. The number of carboxylic acids is 1. The van der Waals surface area contributed by atoms with Crippen LogP contribution >= 0.6 is 11.3 Å². The summed E-state index contributed by atoms with van der Waals surface area (Å²) in [6.07, 6.45) is 0.310. The quantitative estimate of drug-likeness (QED) is 0.778. The Morgan fingerprint density at radius 1 is 1.21 bits per heavy atom. The van der Waals surface area contributed by atoms with Crippen molar-refractivity contribution >= 4 is 23.3 Å². The lowest BCUT2D eigenvalue weighted by atomic mass is 9.94. The zero-order valence-electron chi connectivity index (χ0n) is 14.3. The third-order valence-electron chi connectivity index (χ3n) is 3.49. The fraction of sp³-hybridized carbons (Fsp3) is 0.368. The van der Waals surface area contributed by atoms with Gasteiger partial charge in [0.15, 0.2) is 0 Å². The molecule has 1 aromatic carbocycles. The van der Waals surface area contributed by atoms with Crippen LogP contribution in [0.4, 0.5) is 0 Å². The van der Waals surface area contributed by atoms with E-state index in [1.165, 1.54) is 11.3 Å². The minimum atomic E-state index is -0.916. The second-order valence-electron chi connectivity index (χ2n) is 6.82. The first kappa shape index (κ1) is 18.2. The average Bonchev–Trinajstić information content (AvgIpc) is 2.95. The fourth-order valence-corrected chi connectivity index (χ4v) is 3.13. The lowest BCUT2D eigenvalue weighted by Gasteiger charge is -2.21. The molecule has 0 fully saturated rings. The van der Waals surface area contributed by atoms with E-state index in [4.69, 9.17) is 9.84 Å². The van der Waals surface area contributed by atoms with Crippen molar-refractivity contribution in [1.29, 1.82) is 0 Å². The topological polar surface area (TPSA) is 63.6 Å². The maximum atomic E-state index is 12.0. The van der Waals surface area contributed by atoms with Crippen LogP contribution in [-0.2, 0) is 9.53 Å². The number of carboxylic acid groups (broad SMARTS) is 1. The Kier molecular flexibility index (Phi) is 5.44. The van der Waals surface area contributed by atoms with E-state index in [9.17, 15) is 9.59 Å². The van der Waals surface area contributed by atoms with Gasteiger partial charge in [-0.2, -0.15) is 0 Å². The minimum Gasteiger partial charge on any atom is -0.477 e. The highest BCUT2D eigenvalue weighted by Crippen LogP contribution is 2.29. The van der Waals surface area contributed by atoms with Gasteiger partial charge < -0.3 is 9.84 Å². The number of thiophene rings is 1. The first-order valence-electron chi connectivity index (χ1n) is 7.80. The number of benzene rings is 1. The van der Waals surface area contributed by atoms with E-state index in [1.807, 2.05) is 57.3 Å². The highest BCUT2D eigenvalue weighted by Gasteiger charge is 2.19. The van der Waals surface area contributed by atoms with Gasteiger partial charge >= 0.3 is 11.9 Å². The molecule has 128 valence electrons. The van der Waals surface area contributed by atoms with Crippen molar-refractivity contribution < 1.29 is 19.4 Å². The van der Waals surface area contributed by atoms with E-state index in [0.717, 1.165) is 16.7 Å². The molecule has 0 aliphatic heterocycles. The van der Waals surface area contributed by atoms with Crippen LogP contribution in [0.5, 0.6) is 0 Å². The maximum Gasteiger partial charge on any atom is 0.345 e. The summed E-state index contributed by atoms with van der Waals surface area (Å²) >= 11 is 1.21. The summed E-state index contributed by atoms with van der Waals surface area (Å²) in [6.45, 7) is 7.55. The van der Waals surface area contributed by atoms with Crippen LogP contribution in [-0.4, -0.2) is 22.6 Å². The zero-order valence-corrected chi connectivity index (χ0v) is 15.1. The standard InChI is InChI=1S/C19H22O4S/c1-12(8-17(20)23-19(2,3)4)13-6-5-7-14(9-13)15-10-16(18(21)22)24-11-15/h5-7,9-12H,8H2,1-4H3,(H,21,22). The van der Waals surface area contributed by atoms with Gasteiger partial charge in [-0.25, -0.2) is 4.79 Å². The van der Waals surface area contributed by atoms with Gasteiger partial charge in [-0.3, -0.25) is 4.79 Å². The minimum absolute atomic E-state index is 0.0254. The van der Waals surface area contributed by atoms with Crippen molar-refractivity contribution in [3.63, 3.8) is 0 Å². The molecule has 0 saturated carbocycles. The molecular weight excluding hydrogens is 324 g/mol. The lowest BCUT2D eigenvalue weighted by Crippen LogP contribution is -2.24. The Hall–Kier alpha value is -2.14. The van der Waals surface area contributed by atoms with Crippen molar-refractivity contribution in [2.75, 3.05) is 0 Å². The molecule has 1 unspecified atom stereocenters. The predicted molar refractivity (Wildman–Crippen MR) is 95.6 cm³/mol. The van der Waals surface area contributed by atoms with E-state index in [2.05, 4.69) is 0 Å². The number of carbonyl (C=O) groups is 2. The van der Waals surface area contributed by atoms with Crippen molar-refractivity contribution in [3.8, 4) is 11.1 Å². The molecule has 2 rings (SSSR count). The van der Waals surface area contributed by atoms with Crippen molar-refractivity contribution in [3.05, 3.63) is 46.2 Å². The number of esters is 1. The number of hydrogen-bond acceptors (Lipinski definition) is 4. The van der Waals surface area contributed by atoms with Gasteiger partial charge in [0.2, 0.25) is 0 Å². The van der Waals surface area contributed by atoms with Crippen LogP contribution in [0.25, 0.3) is 11.1 Å². The molecule has 0 amide bonds. The Morgan fingerprint density at radius 2 is 1.92 bits per heavy atom. The van der Waals surface area contributed by atoms with Gasteiger partial charge in [0.05, 0.1) is 6.42 Å². The molecule has 2 aromatic rings. The van der Waals surface area contributed by atoms with Crippen LogP contribution in [0.2, 0.25) is 0 Å². The molecule has 1 aromatic heterocycles. The highest BCUT2D eigenvalue weighted by atomic mass is 32.1.